The minimum absolute atomic E-state index is 0.0397. The molecule has 2 unspecified atom stereocenters. The lowest BCUT2D eigenvalue weighted by molar-refractivity contribution is -0.141. The Morgan fingerprint density at radius 1 is 1.17 bits per heavy atom. The molecule has 0 aliphatic rings. The number of hydrogen-bond donors (Lipinski definition) is 3. The van der Waals surface area contributed by atoms with Crippen molar-refractivity contribution < 1.29 is 14.7 Å². The number of thiol groups is 1. The average molecular weight is 344 g/mol. The van der Waals surface area contributed by atoms with Crippen LogP contribution in [0.4, 0.5) is 0 Å². The van der Waals surface area contributed by atoms with Gasteiger partial charge in [0, 0.05) is 24.8 Å². The predicted molar refractivity (Wildman–Crippen MR) is 99.2 cm³/mol. The third-order valence-corrected chi connectivity index (χ3v) is 4.13. The Morgan fingerprint density at radius 2 is 1.87 bits per heavy atom. The molecule has 0 aromatic heterocycles. The third-order valence-electron chi connectivity index (χ3n) is 3.91. The van der Waals surface area contributed by atoms with Crippen LogP contribution in [-0.2, 0) is 9.59 Å². The highest BCUT2D eigenvalue weighted by atomic mass is 32.1. The van der Waals surface area contributed by atoms with Gasteiger partial charge in [-0.3, -0.25) is 4.79 Å². The van der Waals surface area contributed by atoms with Crippen LogP contribution in [0.2, 0.25) is 0 Å². The topological polar surface area (TPSA) is 66.4 Å². The van der Waals surface area contributed by atoms with E-state index in [1.807, 2.05) is 6.08 Å². The molecule has 23 heavy (non-hydrogen) atoms. The van der Waals surface area contributed by atoms with Gasteiger partial charge in [-0.25, -0.2) is 0 Å². The Hall–Kier alpha value is -0.810. The number of rotatable bonds is 16. The monoisotopic (exact) mass is 343 g/mol. The third kappa shape index (κ3) is 13.3. The van der Waals surface area contributed by atoms with Crippen molar-refractivity contribution in [3.8, 4) is 0 Å². The lowest BCUT2D eigenvalue weighted by Gasteiger charge is -2.17. The van der Waals surface area contributed by atoms with E-state index in [2.05, 4.69) is 24.9 Å². The molecule has 0 aromatic carbocycles. The molecule has 2 atom stereocenters. The van der Waals surface area contributed by atoms with E-state index in [1.165, 1.54) is 38.5 Å². The predicted octanol–water partition coefficient (Wildman–Crippen LogP) is 3.86. The van der Waals surface area contributed by atoms with Crippen molar-refractivity contribution in [1.29, 1.82) is 0 Å². The summed E-state index contributed by atoms with van der Waals surface area (Å²) in [6.45, 7) is 3.08. The normalized spacial score (nSPS) is 14.0. The van der Waals surface area contributed by atoms with Crippen molar-refractivity contribution in [2.24, 2.45) is 5.92 Å². The van der Waals surface area contributed by atoms with Gasteiger partial charge in [-0.1, -0.05) is 57.6 Å². The van der Waals surface area contributed by atoms with Crippen LogP contribution < -0.4 is 5.32 Å². The fourth-order valence-electron chi connectivity index (χ4n) is 2.52. The van der Waals surface area contributed by atoms with E-state index >= 15 is 0 Å². The van der Waals surface area contributed by atoms with Gasteiger partial charge in [0.25, 0.3) is 0 Å². The maximum Gasteiger partial charge on any atom is 0.310 e. The summed E-state index contributed by atoms with van der Waals surface area (Å²) < 4.78 is 0. The number of aliphatic carboxylic acids is 1. The van der Waals surface area contributed by atoms with Gasteiger partial charge in [0.2, 0.25) is 0 Å². The Morgan fingerprint density at radius 3 is 2.48 bits per heavy atom. The van der Waals surface area contributed by atoms with Gasteiger partial charge < -0.3 is 15.2 Å². The molecule has 0 fully saturated rings. The summed E-state index contributed by atoms with van der Waals surface area (Å²) in [7, 11) is 0. The molecule has 0 bridgehead atoms. The summed E-state index contributed by atoms with van der Waals surface area (Å²) in [5.74, 6) is -0.851. The first kappa shape index (κ1) is 22.2. The summed E-state index contributed by atoms with van der Waals surface area (Å²) in [6.07, 6.45) is 13.8. The van der Waals surface area contributed by atoms with Gasteiger partial charge in [-0.15, -0.1) is 0 Å². The molecule has 2 N–H and O–H groups in total. The van der Waals surface area contributed by atoms with Gasteiger partial charge in [-0.05, 0) is 12.8 Å². The quantitative estimate of drug-likeness (QED) is 0.172. The zero-order valence-electron chi connectivity index (χ0n) is 14.4. The van der Waals surface area contributed by atoms with E-state index in [0.717, 1.165) is 25.1 Å². The molecule has 0 aliphatic carbocycles. The number of carbonyl (C=O) groups is 2. The Bertz CT molecular complexity index is 334. The first-order chi connectivity index (χ1) is 11.2. The van der Waals surface area contributed by atoms with Crippen molar-refractivity contribution >= 4 is 24.9 Å². The first-order valence-corrected chi connectivity index (χ1v) is 9.46. The molecule has 5 heteroatoms. The van der Waals surface area contributed by atoms with Gasteiger partial charge in [0.15, 0.2) is 0 Å². The molecule has 4 nitrogen and oxygen atoms in total. The fraction of sp³-hybridized carbons (Fsp3) is 0.778. The van der Waals surface area contributed by atoms with E-state index in [9.17, 15) is 9.59 Å². The number of hydrogen-bond acceptors (Lipinski definition) is 4. The highest BCUT2D eigenvalue weighted by molar-refractivity contribution is 7.80. The molecular weight excluding hydrogens is 310 g/mol. The second-order valence-electron chi connectivity index (χ2n) is 5.94. The van der Waals surface area contributed by atoms with Crippen LogP contribution in [0.25, 0.3) is 0 Å². The SMILES string of the molecule is CCCCCCCCC(CC=CC(CC=O)C(=O)O)NCCS. The van der Waals surface area contributed by atoms with Crippen LogP contribution in [0, 0.1) is 5.92 Å². The molecule has 0 saturated carbocycles. The number of nitrogens with one attached hydrogen (secondary N) is 1. The second kappa shape index (κ2) is 16.1. The smallest absolute Gasteiger partial charge is 0.310 e. The van der Waals surface area contributed by atoms with Gasteiger partial charge >= 0.3 is 5.97 Å². The van der Waals surface area contributed by atoms with Crippen molar-refractivity contribution in [3.63, 3.8) is 0 Å². The molecule has 0 rings (SSSR count). The van der Waals surface area contributed by atoms with Gasteiger partial charge in [-0.2, -0.15) is 12.6 Å². The molecule has 0 aliphatic heterocycles. The van der Waals surface area contributed by atoms with Crippen LogP contribution in [0.1, 0.15) is 64.7 Å². The number of carboxylic acids is 1. The summed E-state index contributed by atoms with van der Waals surface area (Å²) in [5, 5.41) is 12.5. The summed E-state index contributed by atoms with van der Waals surface area (Å²) in [6, 6.07) is 0.357. The highest BCUT2D eigenvalue weighted by Crippen LogP contribution is 2.12. The van der Waals surface area contributed by atoms with Gasteiger partial charge in [0.05, 0.1) is 5.92 Å². The summed E-state index contributed by atoms with van der Waals surface area (Å²) in [4.78, 5) is 21.5. The molecule has 0 radical (unpaired) electrons. The Balaban J connectivity index is 4.15. The number of carbonyl (C=O) groups excluding carboxylic acids is 1. The Kier molecular flexibility index (Phi) is 15.5. The van der Waals surface area contributed by atoms with E-state index in [4.69, 9.17) is 5.11 Å². The van der Waals surface area contributed by atoms with Crippen LogP contribution in [0.15, 0.2) is 12.2 Å². The lowest BCUT2D eigenvalue weighted by Crippen LogP contribution is -2.30. The largest absolute Gasteiger partial charge is 0.481 e. The van der Waals surface area contributed by atoms with E-state index in [1.54, 1.807) is 6.08 Å². The lowest BCUT2D eigenvalue weighted by atomic mass is 10.0. The van der Waals surface area contributed by atoms with Crippen molar-refractivity contribution in [3.05, 3.63) is 12.2 Å². The van der Waals surface area contributed by atoms with Crippen molar-refractivity contribution in [1.82, 2.24) is 5.32 Å². The van der Waals surface area contributed by atoms with Gasteiger partial charge in [0.1, 0.15) is 6.29 Å². The van der Waals surface area contributed by atoms with E-state index < -0.39 is 11.9 Å². The van der Waals surface area contributed by atoms with Crippen molar-refractivity contribution in [2.45, 2.75) is 70.8 Å². The first-order valence-electron chi connectivity index (χ1n) is 8.83. The maximum atomic E-state index is 11.0. The number of carboxylic acid groups (broad SMARTS) is 1. The molecule has 0 aromatic rings. The zero-order chi connectivity index (χ0) is 17.3. The number of unbranched alkanes of at least 4 members (excludes halogenated alkanes) is 5. The molecule has 134 valence electrons. The molecular formula is C18H33NO3S. The summed E-state index contributed by atoms with van der Waals surface area (Å²) in [5.41, 5.74) is 0. The zero-order valence-corrected chi connectivity index (χ0v) is 15.3. The van der Waals surface area contributed by atoms with E-state index in [-0.39, 0.29) is 6.42 Å². The summed E-state index contributed by atoms with van der Waals surface area (Å²) >= 11 is 4.22. The maximum absolute atomic E-state index is 11.0. The average Bonchev–Trinajstić information content (AvgIpc) is 2.54. The number of aldehydes is 1. The second-order valence-corrected chi connectivity index (χ2v) is 6.39. The molecule has 0 amide bonds. The Labute approximate surface area is 146 Å². The van der Waals surface area contributed by atoms with Crippen molar-refractivity contribution in [2.75, 3.05) is 12.3 Å². The minimum atomic E-state index is -0.941. The minimum Gasteiger partial charge on any atom is -0.481 e. The van der Waals surface area contributed by atoms with E-state index in [0.29, 0.717) is 12.3 Å². The molecule has 0 heterocycles. The fourth-order valence-corrected chi connectivity index (χ4v) is 2.64. The molecule has 0 saturated heterocycles. The van der Waals surface area contributed by atoms with Crippen LogP contribution in [-0.4, -0.2) is 35.7 Å². The van der Waals surface area contributed by atoms with Crippen LogP contribution in [0.3, 0.4) is 0 Å². The highest BCUT2D eigenvalue weighted by Gasteiger charge is 2.13. The van der Waals surface area contributed by atoms with Crippen LogP contribution in [0.5, 0.6) is 0 Å². The van der Waals surface area contributed by atoms with Crippen LogP contribution >= 0.6 is 12.6 Å². The standard InChI is InChI=1S/C18H33NO3S/c1-2-3-4-5-6-7-10-17(19-13-15-23)11-8-9-16(12-14-20)18(21)22/h8-9,14,16-17,19,23H,2-7,10-13,15H2,1H3,(H,21,22). The molecule has 0 spiro atoms.